The zero-order valence-corrected chi connectivity index (χ0v) is 6.04. The molecule has 0 aromatic rings. The molecular weight excluding hydrogens is 110 g/mol. The van der Waals surface area contributed by atoms with Crippen molar-refractivity contribution in [1.82, 2.24) is 0 Å². The predicted octanol–water partition coefficient (Wildman–Crippen LogP) is 2.04. The molecule has 0 aromatic heterocycles. The molecule has 0 amide bonds. The third-order valence-electron chi connectivity index (χ3n) is 1.88. The van der Waals surface area contributed by atoms with Crippen LogP contribution in [0.3, 0.4) is 0 Å². The maximum absolute atomic E-state index is 4.27. The summed E-state index contributed by atoms with van der Waals surface area (Å²) in [6.45, 7) is 4.43. The van der Waals surface area contributed by atoms with Crippen molar-refractivity contribution < 1.29 is 0 Å². The van der Waals surface area contributed by atoms with Gasteiger partial charge >= 0.3 is 0 Å². The van der Waals surface area contributed by atoms with Gasteiger partial charge in [-0.15, -0.1) is 0 Å². The molecule has 2 unspecified atom stereocenters. The van der Waals surface area contributed by atoms with Gasteiger partial charge in [-0.3, -0.25) is 4.99 Å². The van der Waals surface area contributed by atoms with Crippen molar-refractivity contribution in [3.05, 3.63) is 12.2 Å². The number of hydrogen-bond donors (Lipinski definition) is 0. The van der Waals surface area contributed by atoms with Crippen LogP contribution in [0.5, 0.6) is 0 Å². The maximum Gasteiger partial charge on any atom is 0.0708 e. The minimum atomic E-state index is 0.468. The van der Waals surface area contributed by atoms with Crippen LogP contribution >= 0.6 is 0 Å². The van der Waals surface area contributed by atoms with Crippen LogP contribution in [0.2, 0.25) is 0 Å². The van der Waals surface area contributed by atoms with E-state index in [2.05, 4.69) is 24.9 Å². The summed E-state index contributed by atoms with van der Waals surface area (Å²) >= 11 is 0. The van der Waals surface area contributed by atoms with Crippen LogP contribution in [0.4, 0.5) is 0 Å². The Labute approximate surface area is 56.5 Å². The third kappa shape index (κ3) is 1.41. The van der Waals surface area contributed by atoms with Gasteiger partial charge in [0.05, 0.1) is 6.04 Å². The molecule has 1 aliphatic rings. The second-order valence-electron chi connectivity index (χ2n) is 2.56. The number of nitrogens with zero attached hydrogens (tertiary/aromatic N) is 1. The van der Waals surface area contributed by atoms with E-state index in [0.29, 0.717) is 12.0 Å². The van der Waals surface area contributed by atoms with Gasteiger partial charge in [0.2, 0.25) is 0 Å². The Kier molecular flexibility index (Phi) is 2.04. The molecule has 0 saturated heterocycles. The topological polar surface area (TPSA) is 12.4 Å². The highest BCUT2D eigenvalue weighted by Crippen LogP contribution is 2.14. The highest BCUT2D eigenvalue weighted by Gasteiger charge is 2.11. The van der Waals surface area contributed by atoms with Crippen molar-refractivity contribution in [1.29, 1.82) is 0 Å². The summed E-state index contributed by atoms with van der Waals surface area (Å²) < 4.78 is 0. The van der Waals surface area contributed by atoms with Crippen LogP contribution in [0.1, 0.15) is 20.3 Å². The van der Waals surface area contributed by atoms with Crippen molar-refractivity contribution >= 4 is 6.21 Å². The van der Waals surface area contributed by atoms with Gasteiger partial charge in [0, 0.05) is 6.21 Å². The Morgan fingerprint density at radius 2 is 2.44 bits per heavy atom. The average molecular weight is 123 g/mol. The molecule has 0 saturated carbocycles. The van der Waals surface area contributed by atoms with Crippen molar-refractivity contribution in [3.8, 4) is 0 Å². The molecule has 1 heteroatoms. The molecule has 1 nitrogen and oxygen atoms in total. The summed E-state index contributed by atoms with van der Waals surface area (Å²) in [4.78, 5) is 4.27. The second-order valence-corrected chi connectivity index (χ2v) is 2.56. The lowest BCUT2D eigenvalue weighted by molar-refractivity contribution is 0.510. The summed E-state index contributed by atoms with van der Waals surface area (Å²) in [5.41, 5.74) is 0. The standard InChI is InChI=1S/C8H13N/c1-3-7(2)8-5-4-6-9-8/h4-8H,3H2,1-2H3. The fourth-order valence-corrected chi connectivity index (χ4v) is 0.940. The van der Waals surface area contributed by atoms with Gasteiger partial charge in [-0.25, -0.2) is 0 Å². The van der Waals surface area contributed by atoms with Crippen LogP contribution in [-0.2, 0) is 0 Å². The van der Waals surface area contributed by atoms with E-state index in [1.807, 2.05) is 12.3 Å². The summed E-state index contributed by atoms with van der Waals surface area (Å²) in [6, 6.07) is 0.468. The first-order valence-electron chi connectivity index (χ1n) is 3.54. The van der Waals surface area contributed by atoms with E-state index in [1.54, 1.807) is 0 Å². The molecule has 0 bridgehead atoms. The molecule has 0 fully saturated rings. The summed E-state index contributed by atoms with van der Waals surface area (Å²) in [6.07, 6.45) is 7.29. The fraction of sp³-hybridized carbons (Fsp3) is 0.625. The Morgan fingerprint density at radius 3 is 2.89 bits per heavy atom. The Bertz CT molecular complexity index is 124. The van der Waals surface area contributed by atoms with Crippen LogP contribution in [-0.4, -0.2) is 12.3 Å². The minimum absolute atomic E-state index is 0.468. The van der Waals surface area contributed by atoms with E-state index in [-0.39, 0.29) is 0 Å². The average Bonchev–Trinajstić information content (AvgIpc) is 2.37. The predicted molar refractivity (Wildman–Crippen MR) is 40.9 cm³/mol. The summed E-state index contributed by atoms with van der Waals surface area (Å²) in [5, 5.41) is 0. The van der Waals surface area contributed by atoms with Crippen molar-refractivity contribution in [3.63, 3.8) is 0 Å². The van der Waals surface area contributed by atoms with Gasteiger partial charge in [-0.1, -0.05) is 26.3 Å². The van der Waals surface area contributed by atoms with Crippen LogP contribution < -0.4 is 0 Å². The van der Waals surface area contributed by atoms with E-state index in [4.69, 9.17) is 0 Å². The van der Waals surface area contributed by atoms with E-state index >= 15 is 0 Å². The first-order chi connectivity index (χ1) is 4.34. The van der Waals surface area contributed by atoms with Gasteiger partial charge in [0.1, 0.15) is 0 Å². The van der Waals surface area contributed by atoms with E-state index in [0.717, 1.165) is 0 Å². The Hall–Kier alpha value is -0.590. The van der Waals surface area contributed by atoms with Gasteiger partial charge in [-0.2, -0.15) is 0 Å². The molecule has 50 valence electrons. The van der Waals surface area contributed by atoms with Crippen LogP contribution in [0.25, 0.3) is 0 Å². The molecular formula is C8H13N. The highest BCUT2D eigenvalue weighted by molar-refractivity contribution is 5.74. The van der Waals surface area contributed by atoms with Crippen LogP contribution in [0.15, 0.2) is 17.1 Å². The monoisotopic (exact) mass is 123 g/mol. The smallest absolute Gasteiger partial charge is 0.0708 e. The molecule has 0 radical (unpaired) electrons. The van der Waals surface area contributed by atoms with Gasteiger partial charge in [0.25, 0.3) is 0 Å². The van der Waals surface area contributed by atoms with Gasteiger partial charge in [-0.05, 0) is 12.0 Å². The minimum Gasteiger partial charge on any atom is -0.285 e. The van der Waals surface area contributed by atoms with Crippen molar-refractivity contribution in [2.24, 2.45) is 10.9 Å². The molecule has 9 heavy (non-hydrogen) atoms. The SMILES string of the molecule is CCC(C)C1C=CC=N1. The second kappa shape index (κ2) is 2.81. The molecule has 0 N–H and O–H groups in total. The third-order valence-corrected chi connectivity index (χ3v) is 1.88. The number of aliphatic imine (C=N–C) groups is 1. The summed E-state index contributed by atoms with van der Waals surface area (Å²) in [7, 11) is 0. The summed E-state index contributed by atoms with van der Waals surface area (Å²) in [5.74, 6) is 0.708. The molecule has 2 atom stereocenters. The first kappa shape index (κ1) is 6.53. The van der Waals surface area contributed by atoms with Crippen molar-refractivity contribution in [2.75, 3.05) is 0 Å². The normalized spacial score (nSPS) is 27.1. The number of allylic oxidation sites excluding steroid dienone is 1. The molecule has 0 aromatic carbocycles. The molecule has 0 spiro atoms. The largest absolute Gasteiger partial charge is 0.285 e. The molecule has 0 aliphatic carbocycles. The number of hydrogen-bond acceptors (Lipinski definition) is 1. The molecule has 1 heterocycles. The molecule has 1 rings (SSSR count). The zero-order chi connectivity index (χ0) is 6.69. The lowest BCUT2D eigenvalue weighted by atomic mass is 10.0. The van der Waals surface area contributed by atoms with E-state index < -0.39 is 0 Å². The van der Waals surface area contributed by atoms with Crippen molar-refractivity contribution in [2.45, 2.75) is 26.3 Å². The van der Waals surface area contributed by atoms with E-state index in [9.17, 15) is 0 Å². The number of rotatable bonds is 2. The van der Waals surface area contributed by atoms with Crippen LogP contribution in [0, 0.1) is 5.92 Å². The quantitative estimate of drug-likeness (QED) is 0.533. The fourth-order valence-electron chi connectivity index (χ4n) is 0.940. The zero-order valence-electron chi connectivity index (χ0n) is 6.04. The van der Waals surface area contributed by atoms with E-state index in [1.165, 1.54) is 6.42 Å². The van der Waals surface area contributed by atoms with Gasteiger partial charge in [0.15, 0.2) is 0 Å². The lowest BCUT2D eigenvalue weighted by Crippen LogP contribution is -2.09. The Balaban J connectivity index is 2.43. The molecule has 1 aliphatic heterocycles. The van der Waals surface area contributed by atoms with Gasteiger partial charge < -0.3 is 0 Å². The highest BCUT2D eigenvalue weighted by atomic mass is 14.8. The maximum atomic E-state index is 4.27. The first-order valence-corrected chi connectivity index (χ1v) is 3.54. The lowest BCUT2D eigenvalue weighted by Gasteiger charge is -2.10. The Morgan fingerprint density at radius 1 is 1.67 bits per heavy atom.